The summed E-state index contributed by atoms with van der Waals surface area (Å²) in [5, 5.41) is 4.29. The van der Waals surface area contributed by atoms with Gasteiger partial charge in [-0.15, -0.1) is 0 Å². The summed E-state index contributed by atoms with van der Waals surface area (Å²) >= 11 is 1.75. The molecule has 2 rings (SSSR count). The summed E-state index contributed by atoms with van der Waals surface area (Å²) in [5.74, 6) is 0. The third kappa shape index (κ3) is 1.80. The second kappa shape index (κ2) is 2.93. The van der Waals surface area contributed by atoms with E-state index in [1.54, 1.807) is 11.3 Å². The summed E-state index contributed by atoms with van der Waals surface area (Å²) in [4.78, 5) is 2.22. The molecule has 0 saturated carbocycles. The van der Waals surface area contributed by atoms with Gasteiger partial charge in [0.2, 0.25) is 0 Å². The summed E-state index contributed by atoms with van der Waals surface area (Å²) in [6.07, 6.45) is 0.384. The zero-order chi connectivity index (χ0) is 7.68. The maximum Gasteiger partial charge on any atom is 0.134 e. The Kier molecular flexibility index (Phi) is 1.94. The Morgan fingerprint density at radius 2 is 2.64 bits per heavy atom. The summed E-state index contributed by atoms with van der Waals surface area (Å²) in [6.45, 7) is 1.91. The van der Waals surface area contributed by atoms with Crippen LogP contribution < -0.4 is 0 Å². The van der Waals surface area contributed by atoms with E-state index >= 15 is 0 Å². The summed E-state index contributed by atoms with van der Waals surface area (Å²) in [7, 11) is 2.09. The van der Waals surface area contributed by atoms with Gasteiger partial charge in [0, 0.05) is 6.54 Å². The highest BCUT2D eigenvalue weighted by molar-refractivity contribution is 7.07. The number of likely N-dealkylation sites (N-methyl/N-ethyl adjacent to an activating group) is 1. The van der Waals surface area contributed by atoms with Gasteiger partial charge >= 0.3 is 0 Å². The molecule has 60 valence electrons. The highest BCUT2D eigenvalue weighted by Gasteiger charge is 2.27. The zero-order valence-corrected chi connectivity index (χ0v) is 7.30. The van der Waals surface area contributed by atoms with Gasteiger partial charge < -0.3 is 4.74 Å². The molecule has 2 heterocycles. The van der Waals surface area contributed by atoms with Crippen LogP contribution in [0.1, 0.15) is 5.56 Å². The van der Waals surface area contributed by atoms with Crippen LogP contribution in [0.5, 0.6) is 0 Å². The molecule has 0 amide bonds. The Hall–Kier alpha value is -0.380. The van der Waals surface area contributed by atoms with Crippen LogP contribution in [0.2, 0.25) is 0 Å². The molecular formula is C8H11NOS. The highest BCUT2D eigenvalue weighted by atomic mass is 32.1. The molecule has 1 aliphatic rings. The quantitative estimate of drug-likeness (QED) is 0.638. The van der Waals surface area contributed by atoms with Gasteiger partial charge in [-0.25, -0.2) is 0 Å². The molecule has 1 saturated heterocycles. The van der Waals surface area contributed by atoms with Crippen LogP contribution in [0, 0.1) is 0 Å². The minimum atomic E-state index is 0.384. The molecule has 0 unspecified atom stereocenters. The SMILES string of the molecule is CN(Cc1ccsc1)[C@@H]1CO1. The van der Waals surface area contributed by atoms with Crippen molar-refractivity contribution in [3.63, 3.8) is 0 Å². The number of hydrogen-bond donors (Lipinski definition) is 0. The molecule has 2 nitrogen and oxygen atoms in total. The first kappa shape index (κ1) is 7.28. The summed E-state index contributed by atoms with van der Waals surface area (Å²) in [6, 6.07) is 2.16. The van der Waals surface area contributed by atoms with Gasteiger partial charge in [-0.05, 0) is 29.4 Å². The van der Waals surface area contributed by atoms with E-state index in [1.807, 2.05) is 0 Å². The first-order valence-corrected chi connectivity index (χ1v) is 4.63. The number of ether oxygens (including phenoxy) is 1. The van der Waals surface area contributed by atoms with Crippen LogP contribution in [0.25, 0.3) is 0 Å². The molecule has 0 N–H and O–H groups in total. The molecule has 1 aliphatic heterocycles. The Morgan fingerprint density at radius 3 is 3.18 bits per heavy atom. The highest BCUT2D eigenvalue weighted by Crippen LogP contribution is 2.17. The fourth-order valence-electron chi connectivity index (χ4n) is 1.07. The van der Waals surface area contributed by atoms with Crippen molar-refractivity contribution in [3.8, 4) is 0 Å². The van der Waals surface area contributed by atoms with Gasteiger partial charge in [0.15, 0.2) is 0 Å². The molecule has 1 atom stereocenters. The van der Waals surface area contributed by atoms with E-state index in [4.69, 9.17) is 4.74 Å². The van der Waals surface area contributed by atoms with Crippen molar-refractivity contribution in [2.24, 2.45) is 0 Å². The Balaban J connectivity index is 1.89. The van der Waals surface area contributed by atoms with Gasteiger partial charge in [0.25, 0.3) is 0 Å². The van der Waals surface area contributed by atoms with Gasteiger partial charge in [-0.2, -0.15) is 11.3 Å². The largest absolute Gasteiger partial charge is 0.357 e. The predicted octanol–water partition coefficient (Wildman–Crippen LogP) is 1.54. The van der Waals surface area contributed by atoms with Gasteiger partial charge in [-0.3, -0.25) is 4.90 Å². The molecule has 0 aliphatic carbocycles. The molecule has 0 aromatic carbocycles. The number of hydrogen-bond acceptors (Lipinski definition) is 3. The number of thiophene rings is 1. The molecule has 0 bridgehead atoms. The predicted molar refractivity (Wildman–Crippen MR) is 45.5 cm³/mol. The maximum absolute atomic E-state index is 5.15. The fourth-order valence-corrected chi connectivity index (χ4v) is 1.73. The lowest BCUT2D eigenvalue weighted by Crippen LogP contribution is -2.20. The second-order valence-corrected chi connectivity index (χ2v) is 3.61. The van der Waals surface area contributed by atoms with E-state index in [2.05, 4.69) is 28.8 Å². The van der Waals surface area contributed by atoms with E-state index in [-0.39, 0.29) is 0 Å². The van der Waals surface area contributed by atoms with Gasteiger partial charge in [-0.1, -0.05) is 0 Å². The number of epoxide rings is 1. The average Bonchev–Trinajstić information content (AvgIpc) is 2.73. The van der Waals surface area contributed by atoms with Gasteiger partial charge in [0.1, 0.15) is 6.23 Å². The first-order chi connectivity index (χ1) is 5.36. The normalized spacial score (nSPS) is 22.5. The monoisotopic (exact) mass is 169 g/mol. The molecule has 11 heavy (non-hydrogen) atoms. The molecule has 1 aromatic heterocycles. The van der Waals surface area contributed by atoms with Crippen molar-refractivity contribution in [1.29, 1.82) is 0 Å². The molecule has 0 radical (unpaired) electrons. The summed E-state index contributed by atoms with van der Waals surface area (Å²) < 4.78 is 5.15. The van der Waals surface area contributed by atoms with Crippen LogP contribution >= 0.6 is 11.3 Å². The lowest BCUT2D eigenvalue weighted by molar-refractivity contribution is 0.205. The van der Waals surface area contributed by atoms with Crippen molar-refractivity contribution in [2.75, 3.05) is 13.7 Å². The van der Waals surface area contributed by atoms with Crippen LogP contribution in [0.3, 0.4) is 0 Å². The molecular weight excluding hydrogens is 158 g/mol. The molecule has 1 fully saturated rings. The van der Waals surface area contributed by atoms with Crippen molar-refractivity contribution < 1.29 is 4.74 Å². The standard InChI is InChI=1S/C8H11NOS/c1-9(8-5-10-8)4-7-2-3-11-6-7/h2-3,6,8H,4-5H2,1H3/t8-/m0/s1. The first-order valence-electron chi connectivity index (χ1n) is 3.69. The fraction of sp³-hybridized carbons (Fsp3) is 0.500. The number of nitrogens with zero attached hydrogens (tertiary/aromatic N) is 1. The third-order valence-electron chi connectivity index (χ3n) is 1.82. The second-order valence-electron chi connectivity index (χ2n) is 2.83. The van der Waals surface area contributed by atoms with Gasteiger partial charge in [0.05, 0.1) is 6.61 Å². The van der Waals surface area contributed by atoms with E-state index in [9.17, 15) is 0 Å². The van der Waals surface area contributed by atoms with E-state index in [0.717, 1.165) is 13.2 Å². The molecule has 1 aromatic rings. The maximum atomic E-state index is 5.15. The van der Waals surface area contributed by atoms with E-state index < -0.39 is 0 Å². The minimum absolute atomic E-state index is 0.384. The van der Waals surface area contributed by atoms with Crippen molar-refractivity contribution >= 4 is 11.3 Å². The Labute approximate surface area is 70.4 Å². The van der Waals surface area contributed by atoms with Crippen molar-refractivity contribution in [1.82, 2.24) is 4.90 Å². The van der Waals surface area contributed by atoms with Crippen LogP contribution in [0.4, 0.5) is 0 Å². The lowest BCUT2D eigenvalue weighted by Gasteiger charge is -2.11. The van der Waals surface area contributed by atoms with Crippen molar-refractivity contribution in [3.05, 3.63) is 22.4 Å². The average molecular weight is 169 g/mol. The Morgan fingerprint density at radius 1 is 1.82 bits per heavy atom. The molecule has 0 spiro atoms. The van der Waals surface area contributed by atoms with E-state index in [1.165, 1.54) is 5.56 Å². The van der Waals surface area contributed by atoms with E-state index in [0.29, 0.717) is 6.23 Å². The smallest absolute Gasteiger partial charge is 0.134 e. The summed E-state index contributed by atoms with van der Waals surface area (Å²) in [5.41, 5.74) is 1.38. The number of rotatable bonds is 3. The zero-order valence-electron chi connectivity index (χ0n) is 6.49. The lowest BCUT2D eigenvalue weighted by atomic mass is 10.3. The molecule has 3 heteroatoms. The van der Waals surface area contributed by atoms with Crippen LogP contribution in [-0.2, 0) is 11.3 Å². The Bertz CT molecular complexity index is 218. The van der Waals surface area contributed by atoms with Crippen molar-refractivity contribution in [2.45, 2.75) is 12.8 Å². The topological polar surface area (TPSA) is 15.8 Å². The third-order valence-corrected chi connectivity index (χ3v) is 2.55. The minimum Gasteiger partial charge on any atom is -0.357 e. The van der Waals surface area contributed by atoms with Crippen LogP contribution in [0.15, 0.2) is 16.8 Å². The van der Waals surface area contributed by atoms with Crippen LogP contribution in [-0.4, -0.2) is 24.8 Å².